The summed E-state index contributed by atoms with van der Waals surface area (Å²) < 4.78 is 44.8. The molecule has 5 rings (SSSR count). The van der Waals surface area contributed by atoms with Gasteiger partial charge in [0, 0.05) is 36.3 Å². The van der Waals surface area contributed by atoms with Gasteiger partial charge in [0.25, 0.3) is 0 Å². The van der Waals surface area contributed by atoms with Crippen LogP contribution in [-0.2, 0) is 13.0 Å². The number of ether oxygens (including phenoxy) is 1. The molecule has 0 amide bonds. The number of aromatic nitrogens is 3. The fourth-order valence-corrected chi connectivity index (χ4v) is 7.85. The van der Waals surface area contributed by atoms with Gasteiger partial charge in [-0.15, -0.1) is 11.3 Å². The van der Waals surface area contributed by atoms with Crippen LogP contribution in [0.4, 0.5) is 24.8 Å². The van der Waals surface area contributed by atoms with E-state index in [0.29, 0.717) is 35.4 Å². The second-order valence-corrected chi connectivity index (χ2v) is 15.5. The van der Waals surface area contributed by atoms with E-state index >= 15 is 0 Å². The summed E-state index contributed by atoms with van der Waals surface area (Å²) in [5.74, 6) is 2.06. The lowest BCUT2D eigenvalue weighted by molar-refractivity contribution is -0.126. The Morgan fingerprint density at radius 2 is 1.64 bits per heavy atom. The number of alkyl halides is 3. The summed E-state index contributed by atoms with van der Waals surface area (Å²) in [6.07, 6.45) is -1.42. The largest absolute Gasteiger partial charge is 0.493 e. The van der Waals surface area contributed by atoms with E-state index in [1.165, 1.54) is 12.4 Å². The first-order valence-electron chi connectivity index (χ1n) is 15.8. The number of hydrogen-bond donors (Lipinski definition) is 2. The third-order valence-corrected chi connectivity index (χ3v) is 9.59. The minimum Gasteiger partial charge on any atom is -0.493 e. The van der Waals surface area contributed by atoms with E-state index in [2.05, 4.69) is 91.5 Å². The van der Waals surface area contributed by atoms with Crippen LogP contribution in [0.3, 0.4) is 0 Å². The molecule has 0 saturated heterocycles. The number of hydrogen-bond acceptors (Lipinski definition) is 9. The molecule has 0 spiro atoms. The number of anilines is 2. The number of aliphatic hydroxyl groups excluding tert-OH is 1. The van der Waals surface area contributed by atoms with Crippen LogP contribution < -0.4 is 19.9 Å². The average Bonchev–Trinajstić information content (AvgIpc) is 3.55. The summed E-state index contributed by atoms with van der Waals surface area (Å²) in [7, 11) is 16.5. The zero-order valence-electron chi connectivity index (χ0n) is 28.3. The monoisotopic (exact) mass is 658 g/mol. The zero-order chi connectivity index (χ0) is 34.3. The first-order valence-corrected chi connectivity index (χ1v) is 16.6. The number of halogens is 3. The van der Waals surface area contributed by atoms with Gasteiger partial charge in [0.1, 0.15) is 64.1 Å². The Labute approximate surface area is 283 Å². The maximum atomic E-state index is 13.0. The lowest BCUT2D eigenvalue weighted by Crippen LogP contribution is -2.64. The first kappa shape index (κ1) is 35.2. The highest BCUT2D eigenvalue weighted by Gasteiger charge is 2.37. The predicted octanol–water partition coefficient (Wildman–Crippen LogP) is -1.19. The van der Waals surface area contributed by atoms with Crippen molar-refractivity contribution in [2.45, 2.75) is 60.6 Å². The number of likely N-dealkylation sites (N-methyl/N-ethyl adjacent to an activating group) is 1. The second-order valence-electron chi connectivity index (χ2n) is 14.3. The van der Waals surface area contributed by atoms with Crippen molar-refractivity contribution < 1.29 is 23.0 Å². The van der Waals surface area contributed by atoms with Crippen LogP contribution >= 0.6 is 11.3 Å². The van der Waals surface area contributed by atoms with Gasteiger partial charge in [-0.3, -0.25) is 0 Å². The second kappa shape index (κ2) is 13.4. The van der Waals surface area contributed by atoms with E-state index in [-0.39, 0.29) is 27.4 Å². The quantitative estimate of drug-likeness (QED) is 0.195. The van der Waals surface area contributed by atoms with Gasteiger partial charge in [-0.2, -0.15) is 13.2 Å². The van der Waals surface area contributed by atoms with Crippen molar-refractivity contribution in [3.8, 4) is 16.9 Å². The summed E-state index contributed by atoms with van der Waals surface area (Å²) in [6.45, 7) is 0.629. The third kappa shape index (κ3) is 8.14. The average molecular weight is 658 g/mol. The predicted molar refractivity (Wildman–Crippen MR) is 201 cm³/mol. The Morgan fingerprint density at radius 3 is 2.26 bits per heavy atom. The standard InChI is InChI=1S/C29H39B6F3N6O2S/c1-43(24-20-10-19(11-27(36,37)38)47-26(20)42-14-41-24)21-8-18(9-22(21)45)39-12-15-3-5-16(6-4-15)17-7-23(46-2)25(40-13-17)44(28(30,31)32)29(33,34)35/h3-7,10,13-14,18,21-22,39,45H,8-9,11-12,30-35H2,1-2H3/t18-,21+,22-/m1/s1. The molecule has 1 aliphatic carbocycles. The van der Waals surface area contributed by atoms with Crippen LogP contribution in [0.25, 0.3) is 21.3 Å². The summed E-state index contributed by atoms with van der Waals surface area (Å²) in [5, 5.41) is 14.8. The fraction of sp³-hybridized carbons (Fsp3) is 0.414. The first-order chi connectivity index (χ1) is 21.9. The van der Waals surface area contributed by atoms with Gasteiger partial charge < -0.3 is 25.0 Å². The lowest BCUT2D eigenvalue weighted by Gasteiger charge is -2.48. The molecule has 18 heteroatoms. The number of benzene rings is 1. The fourth-order valence-electron chi connectivity index (χ4n) is 6.82. The van der Waals surface area contributed by atoms with Gasteiger partial charge in [-0.05, 0) is 46.6 Å². The zero-order valence-corrected chi connectivity index (χ0v) is 29.1. The van der Waals surface area contributed by atoms with Crippen molar-refractivity contribution in [3.05, 3.63) is 59.4 Å². The Hall–Kier alpha value is -3.09. The number of rotatable bonds is 11. The van der Waals surface area contributed by atoms with Crippen LogP contribution in [0.2, 0.25) is 0 Å². The molecule has 4 aromatic rings. The van der Waals surface area contributed by atoms with Crippen molar-refractivity contribution in [1.82, 2.24) is 20.3 Å². The van der Waals surface area contributed by atoms with E-state index in [0.717, 1.165) is 39.6 Å². The number of nitrogens with zero attached hydrogens (tertiary/aromatic N) is 5. The van der Waals surface area contributed by atoms with Crippen molar-refractivity contribution in [2.75, 3.05) is 24.0 Å². The van der Waals surface area contributed by atoms with Crippen LogP contribution in [0.5, 0.6) is 5.75 Å². The summed E-state index contributed by atoms with van der Waals surface area (Å²) in [5.41, 5.74) is 3.11. The van der Waals surface area contributed by atoms with E-state index in [9.17, 15) is 18.3 Å². The molecule has 0 aliphatic heterocycles. The number of aliphatic hydroxyl groups is 1. The summed E-state index contributed by atoms with van der Waals surface area (Å²) >= 11 is 1.03. The molecule has 2 N–H and O–H groups in total. The molecule has 0 radical (unpaired) electrons. The molecule has 1 aliphatic rings. The molecule has 1 fully saturated rings. The van der Waals surface area contributed by atoms with E-state index in [1.807, 2.05) is 24.2 Å². The van der Waals surface area contributed by atoms with Crippen LogP contribution in [-0.4, -0.2) is 116 Å². The molecule has 242 valence electrons. The highest BCUT2D eigenvalue weighted by molar-refractivity contribution is 7.18. The van der Waals surface area contributed by atoms with Crippen molar-refractivity contribution in [1.29, 1.82) is 0 Å². The normalized spacial score (nSPS) is 18.8. The van der Waals surface area contributed by atoms with Gasteiger partial charge in [0.15, 0.2) is 11.6 Å². The van der Waals surface area contributed by atoms with Gasteiger partial charge >= 0.3 is 6.18 Å². The van der Waals surface area contributed by atoms with Gasteiger partial charge in [-0.25, -0.2) is 15.0 Å². The lowest BCUT2D eigenvalue weighted by atomic mass is 9.40. The molecule has 3 atom stereocenters. The molecule has 0 bridgehead atoms. The maximum Gasteiger partial charge on any atom is 0.393 e. The Balaban J connectivity index is 1.23. The van der Waals surface area contributed by atoms with Gasteiger partial charge in [0.05, 0.1) is 31.1 Å². The smallest absolute Gasteiger partial charge is 0.393 e. The minimum atomic E-state index is -4.29. The van der Waals surface area contributed by atoms with Crippen LogP contribution in [0, 0.1) is 0 Å². The van der Waals surface area contributed by atoms with Crippen LogP contribution in [0.1, 0.15) is 23.3 Å². The maximum absolute atomic E-state index is 13.0. The molecule has 1 saturated carbocycles. The molecule has 47 heavy (non-hydrogen) atoms. The molecule has 3 aromatic heterocycles. The SMILES string of the molecule is BC(B)(B)N(c1ncc(-c2ccc(CN[C@H]3C[C@@H](O)[C@@H](N(C)c4ncnc5sc(CC(F)(F)F)cc45)C3)cc2)cc1OC)C(B)(B)B. The highest BCUT2D eigenvalue weighted by Crippen LogP contribution is 2.37. The van der Waals surface area contributed by atoms with Crippen molar-refractivity contribution in [2.24, 2.45) is 0 Å². The number of fused-ring (bicyclic) bond motifs is 1. The molecule has 3 heterocycles. The van der Waals surface area contributed by atoms with Crippen LogP contribution in [0.15, 0.2) is 48.9 Å². The topological polar surface area (TPSA) is 86.6 Å². The molecule has 0 unspecified atom stereocenters. The third-order valence-electron chi connectivity index (χ3n) is 8.55. The molecular formula is C29H39B6F3N6O2S. The Kier molecular flexibility index (Phi) is 10.1. The van der Waals surface area contributed by atoms with Crippen molar-refractivity contribution >= 4 is 80.3 Å². The minimum absolute atomic E-state index is 0.0623. The van der Waals surface area contributed by atoms with Gasteiger partial charge in [-0.1, -0.05) is 24.3 Å². The number of methoxy groups -OCH3 is 1. The van der Waals surface area contributed by atoms with E-state index < -0.39 is 18.7 Å². The number of thiophene rings is 1. The summed E-state index contributed by atoms with van der Waals surface area (Å²) in [4.78, 5) is 18.3. The van der Waals surface area contributed by atoms with E-state index in [4.69, 9.17) is 9.72 Å². The molecular weight excluding hydrogens is 618 g/mol. The van der Waals surface area contributed by atoms with Gasteiger partial charge in [0.2, 0.25) is 0 Å². The Morgan fingerprint density at radius 1 is 0.957 bits per heavy atom. The number of pyridine rings is 1. The molecule has 1 aromatic carbocycles. The highest BCUT2D eigenvalue weighted by atomic mass is 32.1. The van der Waals surface area contributed by atoms with Crippen molar-refractivity contribution in [3.63, 3.8) is 0 Å². The summed E-state index contributed by atoms with van der Waals surface area (Å²) in [6, 6.07) is 11.7. The number of nitrogens with one attached hydrogen (secondary N) is 1. The Bertz CT molecular complexity index is 1690. The van der Waals surface area contributed by atoms with E-state index in [1.54, 1.807) is 7.11 Å². The molecule has 8 nitrogen and oxygen atoms in total.